The monoisotopic (exact) mass is 306 g/mol. The first kappa shape index (κ1) is 13.9. The molecule has 116 valence electrons. The standard InChI is InChI=1S/C19H18N2O2/c1-11-4-3-5-14-17(11)20-19(23)15-8-9-21(18(14)15)16-7-6-13(22)10-12(16)2/h3-7,10,22H,8-9H2,1-2H3,(H,20,23). The molecule has 0 aliphatic carbocycles. The van der Waals surface area contributed by atoms with Crippen molar-refractivity contribution in [2.45, 2.75) is 20.3 Å². The molecule has 2 N–H and O–H groups in total. The minimum absolute atomic E-state index is 0.000677. The molecule has 0 fully saturated rings. The number of aromatic nitrogens is 1. The Balaban J connectivity index is 2.03. The Morgan fingerprint density at radius 3 is 2.74 bits per heavy atom. The molecular formula is C19H18N2O2. The van der Waals surface area contributed by atoms with E-state index in [0.29, 0.717) is 0 Å². The highest BCUT2D eigenvalue weighted by atomic mass is 16.3. The fourth-order valence-electron chi connectivity index (χ4n) is 3.55. The Labute approximate surface area is 134 Å². The first-order valence-corrected chi connectivity index (χ1v) is 7.78. The van der Waals surface area contributed by atoms with Crippen LogP contribution in [0, 0.1) is 13.8 Å². The molecule has 3 aromatic rings. The topological polar surface area (TPSA) is 56.3 Å². The number of nitrogens with zero attached hydrogens (tertiary/aromatic N) is 1. The van der Waals surface area contributed by atoms with Crippen LogP contribution < -0.4 is 10.5 Å². The van der Waals surface area contributed by atoms with E-state index in [0.717, 1.165) is 51.9 Å². The van der Waals surface area contributed by atoms with Crippen molar-refractivity contribution in [3.8, 4) is 5.75 Å². The van der Waals surface area contributed by atoms with E-state index in [1.807, 2.05) is 32.0 Å². The Kier molecular flexibility index (Phi) is 2.94. The molecule has 2 heterocycles. The summed E-state index contributed by atoms with van der Waals surface area (Å²) in [6.45, 7) is 4.76. The number of hydrogen-bond acceptors (Lipinski definition) is 3. The maximum absolute atomic E-state index is 12.5. The summed E-state index contributed by atoms with van der Waals surface area (Å²) >= 11 is 0. The largest absolute Gasteiger partial charge is 0.508 e. The van der Waals surface area contributed by atoms with E-state index in [9.17, 15) is 9.90 Å². The van der Waals surface area contributed by atoms with Gasteiger partial charge in [0, 0.05) is 23.2 Å². The van der Waals surface area contributed by atoms with Crippen molar-refractivity contribution >= 4 is 22.3 Å². The third-order valence-corrected chi connectivity index (χ3v) is 4.65. The van der Waals surface area contributed by atoms with E-state index < -0.39 is 0 Å². The van der Waals surface area contributed by atoms with Gasteiger partial charge < -0.3 is 15.0 Å². The lowest BCUT2D eigenvalue weighted by Crippen LogP contribution is -2.16. The molecule has 0 saturated carbocycles. The molecule has 4 nitrogen and oxygen atoms in total. The lowest BCUT2D eigenvalue weighted by molar-refractivity contribution is 0.475. The molecule has 0 saturated heterocycles. The van der Waals surface area contributed by atoms with Gasteiger partial charge in [-0.05, 0) is 49.6 Å². The summed E-state index contributed by atoms with van der Waals surface area (Å²) in [5.41, 5.74) is 5.85. The van der Waals surface area contributed by atoms with Gasteiger partial charge in [-0.25, -0.2) is 0 Å². The number of phenolic OH excluding ortho intramolecular Hbond substituents is 1. The molecule has 0 unspecified atom stereocenters. The van der Waals surface area contributed by atoms with Crippen LogP contribution in [-0.4, -0.2) is 16.6 Å². The zero-order valence-corrected chi connectivity index (χ0v) is 13.2. The number of rotatable bonds is 1. The van der Waals surface area contributed by atoms with Crippen LogP contribution >= 0.6 is 0 Å². The number of pyridine rings is 1. The summed E-state index contributed by atoms with van der Waals surface area (Å²) in [4.78, 5) is 17.7. The summed E-state index contributed by atoms with van der Waals surface area (Å²) in [6, 6.07) is 11.5. The number of aryl methyl sites for hydroxylation is 2. The van der Waals surface area contributed by atoms with E-state index >= 15 is 0 Å². The summed E-state index contributed by atoms with van der Waals surface area (Å²) in [7, 11) is 0. The zero-order valence-electron chi connectivity index (χ0n) is 13.2. The molecule has 0 atom stereocenters. The van der Waals surface area contributed by atoms with Crippen molar-refractivity contribution in [2.75, 3.05) is 11.4 Å². The number of benzene rings is 2. The minimum atomic E-state index is 0.000677. The average Bonchev–Trinajstić information content (AvgIpc) is 2.94. The van der Waals surface area contributed by atoms with Crippen molar-refractivity contribution in [3.63, 3.8) is 0 Å². The number of anilines is 2. The molecule has 0 amide bonds. The number of aromatic hydroxyl groups is 1. The summed E-state index contributed by atoms with van der Waals surface area (Å²) < 4.78 is 0. The van der Waals surface area contributed by atoms with Crippen LogP contribution in [-0.2, 0) is 6.42 Å². The first-order chi connectivity index (χ1) is 11.1. The van der Waals surface area contributed by atoms with Crippen molar-refractivity contribution in [3.05, 3.63) is 63.4 Å². The Morgan fingerprint density at radius 2 is 1.96 bits per heavy atom. The fourth-order valence-corrected chi connectivity index (χ4v) is 3.55. The van der Waals surface area contributed by atoms with E-state index in [1.54, 1.807) is 12.1 Å². The molecular weight excluding hydrogens is 288 g/mol. The molecule has 0 bridgehead atoms. The third kappa shape index (κ3) is 2.02. The van der Waals surface area contributed by atoms with Gasteiger partial charge in [-0.15, -0.1) is 0 Å². The van der Waals surface area contributed by atoms with Gasteiger partial charge in [0.1, 0.15) is 5.75 Å². The summed E-state index contributed by atoms with van der Waals surface area (Å²) in [6.07, 6.45) is 0.731. The van der Waals surface area contributed by atoms with E-state index in [4.69, 9.17) is 0 Å². The van der Waals surface area contributed by atoms with Crippen molar-refractivity contribution in [2.24, 2.45) is 0 Å². The molecule has 1 aliphatic rings. The minimum Gasteiger partial charge on any atom is -0.508 e. The molecule has 1 aromatic heterocycles. The van der Waals surface area contributed by atoms with Gasteiger partial charge in [0.15, 0.2) is 0 Å². The second-order valence-electron chi connectivity index (χ2n) is 6.15. The lowest BCUT2D eigenvalue weighted by atomic mass is 10.1. The van der Waals surface area contributed by atoms with Gasteiger partial charge in [0.2, 0.25) is 0 Å². The lowest BCUT2D eigenvalue weighted by Gasteiger charge is -2.23. The predicted octanol–water partition coefficient (Wildman–Crippen LogP) is 3.54. The maximum atomic E-state index is 12.5. The van der Waals surface area contributed by atoms with Crippen LogP contribution in [0.4, 0.5) is 11.4 Å². The highest BCUT2D eigenvalue weighted by Crippen LogP contribution is 2.40. The van der Waals surface area contributed by atoms with Crippen molar-refractivity contribution < 1.29 is 5.11 Å². The highest BCUT2D eigenvalue weighted by molar-refractivity contribution is 5.98. The molecule has 0 spiro atoms. The van der Waals surface area contributed by atoms with Crippen LogP contribution in [0.15, 0.2) is 41.2 Å². The number of aromatic amines is 1. The summed E-state index contributed by atoms with van der Waals surface area (Å²) in [5, 5.41) is 10.7. The Hall–Kier alpha value is -2.75. The molecule has 4 heteroatoms. The summed E-state index contributed by atoms with van der Waals surface area (Å²) in [5.74, 6) is 0.261. The average molecular weight is 306 g/mol. The Morgan fingerprint density at radius 1 is 1.13 bits per heavy atom. The number of phenols is 1. The number of fused-ring (bicyclic) bond motifs is 3. The Bertz CT molecular complexity index is 989. The van der Waals surface area contributed by atoms with Crippen LogP contribution in [0.1, 0.15) is 16.7 Å². The zero-order chi connectivity index (χ0) is 16.1. The normalized spacial score (nSPS) is 13.6. The highest BCUT2D eigenvalue weighted by Gasteiger charge is 2.27. The van der Waals surface area contributed by atoms with Crippen LogP contribution in [0.5, 0.6) is 5.75 Å². The van der Waals surface area contributed by atoms with E-state index in [-0.39, 0.29) is 11.3 Å². The van der Waals surface area contributed by atoms with Crippen LogP contribution in [0.2, 0.25) is 0 Å². The van der Waals surface area contributed by atoms with Gasteiger partial charge >= 0.3 is 0 Å². The number of nitrogens with one attached hydrogen (secondary N) is 1. The van der Waals surface area contributed by atoms with E-state index in [2.05, 4.69) is 16.0 Å². The first-order valence-electron chi connectivity index (χ1n) is 7.78. The van der Waals surface area contributed by atoms with Gasteiger partial charge in [0.05, 0.1) is 11.2 Å². The smallest absolute Gasteiger partial charge is 0.253 e. The van der Waals surface area contributed by atoms with Gasteiger partial charge in [-0.3, -0.25) is 4.79 Å². The van der Waals surface area contributed by atoms with Gasteiger partial charge in [-0.2, -0.15) is 0 Å². The van der Waals surface area contributed by atoms with Gasteiger partial charge in [-0.1, -0.05) is 18.2 Å². The molecule has 23 heavy (non-hydrogen) atoms. The second-order valence-corrected chi connectivity index (χ2v) is 6.15. The predicted molar refractivity (Wildman–Crippen MR) is 92.9 cm³/mol. The van der Waals surface area contributed by atoms with Crippen LogP contribution in [0.25, 0.3) is 10.9 Å². The van der Waals surface area contributed by atoms with Crippen molar-refractivity contribution in [1.82, 2.24) is 4.98 Å². The number of H-pyrrole nitrogens is 1. The molecule has 1 aliphatic heterocycles. The SMILES string of the molecule is Cc1cc(O)ccc1N1CCc2c1c1cccc(C)c1[nH]c2=O. The van der Waals surface area contributed by atoms with E-state index in [1.165, 1.54) is 0 Å². The maximum Gasteiger partial charge on any atom is 0.253 e. The van der Waals surface area contributed by atoms with Crippen LogP contribution in [0.3, 0.4) is 0 Å². The molecule has 2 aromatic carbocycles. The fraction of sp³-hybridized carbons (Fsp3) is 0.211. The molecule has 0 radical (unpaired) electrons. The quantitative estimate of drug-likeness (QED) is 0.723. The molecule has 4 rings (SSSR count). The van der Waals surface area contributed by atoms with Crippen molar-refractivity contribution in [1.29, 1.82) is 0 Å². The third-order valence-electron chi connectivity index (χ3n) is 4.65. The van der Waals surface area contributed by atoms with Gasteiger partial charge in [0.25, 0.3) is 5.56 Å². The second kappa shape index (κ2) is 4.88. The number of hydrogen-bond donors (Lipinski definition) is 2. The number of para-hydroxylation sites is 1.